The van der Waals surface area contributed by atoms with Gasteiger partial charge in [-0.1, -0.05) is 23.2 Å². The van der Waals surface area contributed by atoms with Gasteiger partial charge in [0, 0.05) is 11.6 Å². The largest absolute Gasteiger partial charge is 2.00 e. The van der Waals surface area contributed by atoms with Crippen LogP contribution in [0, 0.1) is 0 Å². The molecule has 0 bridgehead atoms. The number of fused-ring (bicyclic) bond motifs is 1. The fourth-order valence-electron chi connectivity index (χ4n) is 1.16. The van der Waals surface area contributed by atoms with Crippen molar-refractivity contribution in [1.29, 1.82) is 0 Å². The van der Waals surface area contributed by atoms with Gasteiger partial charge in [-0.05, 0) is 18.2 Å². The van der Waals surface area contributed by atoms with E-state index in [0.29, 0.717) is 15.9 Å². The van der Waals surface area contributed by atoms with Gasteiger partial charge in [-0.15, -0.1) is 0 Å². The van der Waals surface area contributed by atoms with Gasteiger partial charge in [-0.2, -0.15) is 0 Å². The second kappa shape index (κ2) is 4.37. The number of halogens is 2. The van der Waals surface area contributed by atoms with Gasteiger partial charge in [0.25, 0.3) is 0 Å². The molecule has 0 saturated carbocycles. The van der Waals surface area contributed by atoms with Gasteiger partial charge in [0.15, 0.2) is 5.75 Å². The summed E-state index contributed by atoms with van der Waals surface area (Å²) in [5.74, 6) is -0.0262. The summed E-state index contributed by atoms with van der Waals surface area (Å²) < 4.78 is 0. The molecular weight excluding hydrogens is 273 g/mol. The average molecular weight is 278 g/mol. The molecule has 0 aliphatic heterocycles. The van der Waals surface area contributed by atoms with E-state index < -0.39 is 0 Å². The van der Waals surface area contributed by atoms with Crippen molar-refractivity contribution in [2.45, 2.75) is 0 Å². The Balaban J connectivity index is 0.000000980. The van der Waals surface area contributed by atoms with Crippen molar-refractivity contribution in [1.82, 2.24) is 4.98 Å². The summed E-state index contributed by atoms with van der Waals surface area (Å²) >= 11 is 11.6. The van der Waals surface area contributed by atoms with Gasteiger partial charge in [0.1, 0.15) is 5.52 Å². The van der Waals surface area contributed by atoms with Crippen LogP contribution in [0.5, 0.6) is 5.75 Å². The van der Waals surface area contributed by atoms with Crippen LogP contribution < -0.4 is 0 Å². The standard InChI is InChI=1S/C9H5Cl2NO.Cu/c10-6-4-7(11)9(13)8-5(6)2-1-3-12-8;/h1-4,13H;/q;+2. The Morgan fingerprint density at radius 1 is 1.21 bits per heavy atom. The Morgan fingerprint density at radius 2 is 1.93 bits per heavy atom. The molecule has 1 aromatic carbocycles. The Hall–Kier alpha value is -0.471. The van der Waals surface area contributed by atoms with Gasteiger partial charge in [-0.3, -0.25) is 4.98 Å². The Kier molecular flexibility index (Phi) is 3.62. The molecule has 75 valence electrons. The minimum Gasteiger partial charge on any atom is -0.504 e. The molecule has 1 aromatic heterocycles. The van der Waals surface area contributed by atoms with Crippen molar-refractivity contribution >= 4 is 34.1 Å². The van der Waals surface area contributed by atoms with Gasteiger partial charge >= 0.3 is 17.1 Å². The van der Waals surface area contributed by atoms with Gasteiger partial charge in [0.2, 0.25) is 0 Å². The summed E-state index contributed by atoms with van der Waals surface area (Å²) in [6.45, 7) is 0. The van der Waals surface area contributed by atoms with Gasteiger partial charge < -0.3 is 5.11 Å². The first-order valence-electron chi connectivity index (χ1n) is 3.62. The molecule has 0 aliphatic carbocycles. The molecule has 2 nitrogen and oxygen atoms in total. The zero-order valence-electron chi connectivity index (χ0n) is 6.76. The molecule has 2 aromatic rings. The third-order valence-electron chi connectivity index (χ3n) is 1.77. The summed E-state index contributed by atoms with van der Waals surface area (Å²) in [5, 5.41) is 10.9. The van der Waals surface area contributed by atoms with E-state index >= 15 is 0 Å². The predicted molar refractivity (Wildman–Crippen MR) is 53.4 cm³/mol. The molecule has 0 saturated heterocycles. The second-order valence-corrected chi connectivity index (χ2v) is 3.40. The van der Waals surface area contributed by atoms with Crippen molar-refractivity contribution < 1.29 is 22.2 Å². The van der Waals surface area contributed by atoms with Crippen LogP contribution >= 0.6 is 23.2 Å². The number of hydrogen-bond acceptors (Lipinski definition) is 2. The van der Waals surface area contributed by atoms with E-state index in [1.807, 2.05) is 0 Å². The number of phenols is 1. The summed E-state index contributed by atoms with van der Waals surface area (Å²) in [6, 6.07) is 5.03. The number of hydrogen-bond donors (Lipinski definition) is 1. The van der Waals surface area contributed by atoms with Crippen LogP contribution in [0.25, 0.3) is 10.9 Å². The molecule has 1 N–H and O–H groups in total. The number of aromatic hydroxyl groups is 1. The summed E-state index contributed by atoms with van der Waals surface area (Å²) in [5.41, 5.74) is 0.431. The molecule has 0 aliphatic rings. The maximum atomic E-state index is 9.53. The van der Waals surface area contributed by atoms with Crippen LogP contribution in [0.1, 0.15) is 0 Å². The van der Waals surface area contributed by atoms with Crippen LogP contribution in [-0.2, 0) is 17.1 Å². The Labute approximate surface area is 101 Å². The van der Waals surface area contributed by atoms with Crippen molar-refractivity contribution in [3.8, 4) is 5.75 Å². The topological polar surface area (TPSA) is 33.1 Å². The number of aromatic nitrogens is 1. The van der Waals surface area contributed by atoms with E-state index in [9.17, 15) is 5.11 Å². The molecule has 0 atom stereocenters. The number of rotatable bonds is 0. The van der Waals surface area contributed by atoms with Crippen molar-refractivity contribution in [3.05, 3.63) is 34.4 Å². The van der Waals surface area contributed by atoms with Gasteiger partial charge in [0.05, 0.1) is 10.0 Å². The molecule has 0 amide bonds. The summed E-state index contributed by atoms with van der Waals surface area (Å²) in [4.78, 5) is 3.98. The number of nitrogens with zero attached hydrogens (tertiary/aromatic N) is 1. The molecule has 14 heavy (non-hydrogen) atoms. The van der Waals surface area contributed by atoms with E-state index in [0.717, 1.165) is 0 Å². The molecule has 5 heteroatoms. The monoisotopic (exact) mass is 276 g/mol. The third-order valence-corrected chi connectivity index (χ3v) is 2.37. The van der Waals surface area contributed by atoms with Crippen molar-refractivity contribution in [2.24, 2.45) is 0 Å². The summed E-state index contributed by atoms with van der Waals surface area (Å²) in [7, 11) is 0. The third kappa shape index (κ3) is 1.82. The molecule has 0 unspecified atom stereocenters. The van der Waals surface area contributed by atoms with Crippen molar-refractivity contribution in [3.63, 3.8) is 0 Å². The van der Waals surface area contributed by atoms with Crippen LogP contribution in [0.15, 0.2) is 24.4 Å². The first kappa shape index (κ1) is 11.6. The van der Waals surface area contributed by atoms with Crippen LogP contribution in [0.3, 0.4) is 0 Å². The van der Waals surface area contributed by atoms with Gasteiger partial charge in [-0.25, -0.2) is 0 Å². The first-order valence-corrected chi connectivity index (χ1v) is 4.37. The van der Waals surface area contributed by atoms with Crippen molar-refractivity contribution in [2.75, 3.05) is 0 Å². The van der Waals surface area contributed by atoms with E-state index in [4.69, 9.17) is 23.2 Å². The number of pyridine rings is 1. The smallest absolute Gasteiger partial charge is 0.504 e. The van der Waals surface area contributed by atoms with E-state index in [2.05, 4.69) is 4.98 Å². The predicted octanol–water partition coefficient (Wildman–Crippen LogP) is 3.24. The minimum absolute atomic E-state index is 0. The maximum Gasteiger partial charge on any atom is 2.00 e. The normalized spacial score (nSPS) is 9.86. The van der Waals surface area contributed by atoms with E-state index in [1.165, 1.54) is 6.07 Å². The number of phenolic OH excluding ortho intramolecular Hbond substituents is 1. The fourth-order valence-corrected chi connectivity index (χ4v) is 1.67. The van der Waals surface area contributed by atoms with Crippen LogP contribution in [0.4, 0.5) is 0 Å². The molecule has 1 heterocycles. The SMILES string of the molecule is Oc1c(Cl)cc(Cl)c2cccnc12.[Cu+2]. The minimum atomic E-state index is -0.0262. The first-order chi connectivity index (χ1) is 6.20. The molecule has 0 spiro atoms. The maximum absolute atomic E-state index is 9.53. The van der Waals surface area contributed by atoms with Crippen LogP contribution in [-0.4, -0.2) is 10.1 Å². The Morgan fingerprint density at radius 3 is 2.64 bits per heavy atom. The molecule has 1 radical (unpaired) electrons. The van der Waals surface area contributed by atoms with E-state index in [1.54, 1.807) is 18.3 Å². The quantitative estimate of drug-likeness (QED) is 0.750. The number of benzene rings is 1. The average Bonchev–Trinajstić information content (AvgIpc) is 2.15. The Bertz CT molecular complexity index is 476. The molecule has 2 rings (SSSR count). The fraction of sp³-hybridized carbons (Fsp3) is 0. The molecule has 0 fully saturated rings. The zero-order chi connectivity index (χ0) is 9.42. The second-order valence-electron chi connectivity index (χ2n) is 2.59. The van der Waals surface area contributed by atoms with Crippen LogP contribution in [0.2, 0.25) is 10.0 Å². The zero-order valence-corrected chi connectivity index (χ0v) is 9.21. The molecular formula is C9H5Cl2CuNO+2. The summed E-state index contributed by atoms with van der Waals surface area (Å²) in [6.07, 6.45) is 1.58. The van der Waals surface area contributed by atoms with E-state index in [-0.39, 0.29) is 27.8 Å².